The van der Waals surface area contributed by atoms with E-state index >= 15 is 0 Å². The number of carbonyl (C=O) groups excluding carboxylic acids is 1. The molecule has 3 aromatic rings. The van der Waals surface area contributed by atoms with Gasteiger partial charge in [-0.25, -0.2) is 4.79 Å². The van der Waals surface area contributed by atoms with Gasteiger partial charge in [-0.1, -0.05) is 28.9 Å². The van der Waals surface area contributed by atoms with Crippen LogP contribution in [0, 0.1) is 11.3 Å². The lowest BCUT2D eigenvalue weighted by Gasteiger charge is -2.02. The summed E-state index contributed by atoms with van der Waals surface area (Å²) in [6.45, 7) is -0.167. The van der Waals surface area contributed by atoms with E-state index in [-0.39, 0.29) is 18.2 Å². The zero-order valence-corrected chi connectivity index (χ0v) is 13.3. The molecule has 120 valence electrons. The number of hydrogen-bond donors (Lipinski definition) is 0. The van der Waals surface area contributed by atoms with Gasteiger partial charge in [-0.2, -0.15) is 10.2 Å². The van der Waals surface area contributed by atoms with Crippen molar-refractivity contribution in [2.24, 2.45) is 7.05 Å². The van der Waals surface area contributed by atoms with Gasteiger partial charge in [-0.3, -0.25) is 0 Å². The number of carbonyl (C=O) groups is 1. The molecule has 0 fully saturated rings. The minimum atomic E-state index is -0.582. The largest absolute Gasteiger partial charge is 0.451 e. The Morgan fingerprint density at radius 2 is 2.29 bits per heavy atom. The van der Waals surface area contributed by atoms with Gasteiger partial charge in [0.1, 0.15) is 11.8 Å². The maximum absolute atomic E-state index is 12.0. The molecule has 0 radical (unpaired) electrons. The number of nitrogens with zero attached hydrogens (tertiary/aromatic N) is 4. The van der Waals surface area contributed by atoms with Crippen molar-refractivity contribution >= 4 is 17.6 Å². The van der Waals surface area contributed by atoms with Crippen molar-refractivity contribution in [2.75, 3.05) is 0 Å². The first-order valence-electron chi connectivity index (χ1n) is 6.89. The predicted molar refractivity (Wildman–Crippen MR) is 84.0 cm³/mol. The second kappa shape index (κ2) is 6.56. The number of nitriles is 1. The van der Waals surface area contributed by atoms with Crippen molar-refractivity contribution in [1.82, 2.24) is 14.7 Å². The fourth-order valence-corrected chi connectivity index (χ4v) is 2.28. The van der Waals surface area contributed by atoms with E-state index in [0.717, 1.165) is 0 Å². The summed E-state index contributed by atoms with van der Waals surface area (Å²) in [7, 11) is 1.65. The van der Waals surface area contributed by atoms with Crippen LogP contribution in [0.2, 0.25) is 5.02 Å². The zero-order valence-electron chi connectivity index (χ0n) is 12.6. The van der Waals surface area contributed by atoms with Gasteiger partial charge in [-0.05, 0) is 18.2 Å². The summed E-state index contributed by atoms with van der Waals surface area (Å²) < 4.78 is 11.7. The van der Waals surface area contributed by atoms with Crippen LogP contribution in [0.4, 0.5) is 0 Å². The summed E-state index contributed by atoms with van der Waals surface area (Å²) in [6, 6.07) is 10.4. The molecule has 0 bridgehead atoms. The van der Waals surface area contributed by atoms with Crippen molar-refractivity contribution in [1.29, 1.82) is 5.26 Å². The van der Waals surface area contributed by atoms with Crippen LogP contribution in [0.15, 0.2) is 41.1 Å². The molecule has 0 N–H and O–H groups in total. The highest BCUT2D eigenvalue weighted by Crippen LogP contribution is 2.20. The third kappa shape index (κ3) is 3.29. The molecule has 1 aromatic carbocycles. The zero-order chi connectivity index (χ0) is 17.1. The van der Waals surface area contributed by atoms with Crippen LogP contribution in [-0.2, 0) is 18.4 Å². The van der Waals surface area contributed by atoms with Crippen LogP contribution in [0.5, 0.6) is 0 Å². The van der Waals surface area contributed by atoms with Crippen molar-refractivity contribution in [2.45, 2.75) is 6.61 Å². The maximum Gasteiger partial charge on any atom is 0.355 e. The van der Waals surface area contributed by atoms with Gasteiger partial charge in [0.15, 0.2) is 6.61 Å². The SMILES string of the molecule is Cn1cc(C#N)cc1C(=O)OCc1nc(-c2cccc(Cl)c2)no1. The number of halogens is 1. The quantitative estimate of drug-likeness (QED) is 0.676. The number of ether oxygens (including phenoxy) is 1. The number of aryl methyl sites for hydroxylation is 1. The fourth-order valence-electron chi connectivity index (χ4n) is 2.09. The fraction of sp³-hybridized carbons (Fsp3) is 0.125. The summed E-state index contributed by atoms with van der Waals surface area (Å²) in [5.74, 6) is -0.0660. The first-order valence-corrected chi connectivity index (χ1v) is 7.26. The predicted octanol–water partition coefficient (Wildman–Crippen LogP) is 2.96. The van der Waals surface area contributed by atoms with Crippen LogP contribution in [0.25, 0.3) is 11.4 Å². The molecule has 24 heavy (non-hydrogen) atoms. The average molecular weight is 343 g/mol. The van der Waals surface area contributed by atoms with Crippen LogP contribution >= 0.6 is 11.6 Å². The number of rotatable bonds is 4. The van der Waals surface area contributed by atoms with Gasteiger partial charge >= 0.3 is 5.97 Å². The van der Waals surface area contributed by atoms with Crippen LogP contribution in [-0.4, -0.2) is 20.7 Å². The lowest BCUT2D eigenvalue weighted by Crippen LogP contribution is -2.09. The van der Waals surface area contributed by atoms with Gasteiger partial charge in [0.2, 0.25) is 5.82 Å². The number of aromatic nitrogens is 3. The Balaban J connectivity index is 1.68. The molecule has 7 nitrogen and oxygen atoms in total. The highest BCUT2D eigenvalue weighted by atomic mass is 35.5. The second-order valence-electron chi connectivity index (χ2n) is 4.93. The molecule has 0 aliphatic rings. The monoisotopic (exact) mass is 342 g/mol. The Hall–Kier alpha value is -3.11. The average Bonchev–Trinajstić information content (AvgIpc) is 3.19. The highest BCUT2D eigenvalue weighted by molar-refractivity contribution is 6.30. The smallest absolute Gasteiger partial charge is 0.355 e. The number of hydrogen-bond acceptors (Lipinski definition) is 6. The molecule has 0 spiro atoms. The molecule has 0 saturated heterocycles. The first-order chi connectivity index (χ1) is 11.6. The van der Waals surface area contributed by atoms with E-state index in [9.17, 15) is 4.79 Å². The van der Waals surface area contributed by atoms with Crippen LogP contribution in [0.3, 0.4) is 0 Å². The standard InChI is InChI=1S/C16H11ClN4O3/c1-21-8-10(7-18)5-13(21)16(22)23-9-14-19-15(20-24-14)11-3-2-4-12(17)6-11/h2-6,8H,9H2,1H3. The summed E-state index contributed by atoms with van der Waals surface area (Å²) in [4.78, 5) is 16.2. The van der Waals surface area contributed by atoms with Gasteiger partial charge in [-0.15, -0.1) is 0 Å². The van der Waals surface area contributed by atoms with Crippen molar-refractivity contribution in [3.8, 4) is 17.5 Å². The van der Waals surface area contributed by atoms with E-state index in [0.29, 0.717) is 22.0 Å². The molecule has 0 unspecified atom stereocenters. The normalized spacial score (nSPS) is 10.4. The Bertz CT molecular complexity index is 939. The molecule has 2 aromatic heterocycles. The van der Waals surface area contributed by atoms with Crippen LogP contribution in [0.1, 0.15) is 21.9 Å². The third-order valence-electron chi connectivity index (χ3n) is 3.22. The van der Waals surface area contributed by atoms with Gasteiger partial charge in [0.05, 0.1) is 5.56 Å². The van der Waals surface area contributed by atoms with Gasteiger partial charge in [0.25, 0.3) is 5.89 Å². The van der Waals surface area contributed by atoms with E-state index < -0.39 is 5.97 Å². The lowest BCUT2D eigenvalue weighted by molar-refractivity contribution is 0.0418. The third-order valence-corrected chi connectivity index (χ3v) is 3.46. The molecular formula is C16H11ClN4O3. The minimum Gasteiger partial charge on any atom is -0.451 e. The molecule has 0 aliphatic heterocycles. The molecule has 8 heteroatoms. The second-order valence-corrected chi connectivity index (χ2v) is 5.37. The first kappa shape index (κ1) is 15.8. The summed E-state index contributed by atoms with van der Waals surface area (Å²) in [5, 5.41) is 13.2. The van der Waals surface area contributed by atoms with E-state index in [2.05, 4.69) is 10.1 Å². The molecule has 3 rings (SSSR count). The van der Waals surface area contributed by atoms with Crippen molar-refractivity contribution in [3.05, 3.63) is 58.7 Å². The summed E-state index contributed by atoms with van der Waals surface area (Å²) >= 11 is 5.92. The number of esters is 1. The van der Waals surface area contributed by atoms with Gasteiger partial charge < -0.3 is 13.8 Å². The van der Waals surface area contributed by atoms with Gasteiger partial charge in [0, 0.05) is 23.8 Å². The van der Waals surface area contributed by atoms with E-state index in [1.165, 1.54) is 10.6 Å². The van der Waals surface area contributed by atoms with E-state index in [4.69, 9.17) is 26.1 Å². The molecule has 0 aliphatic carbocycles. The molecule has 0 amide bonds. The molecular weight excluding hydrogens is 332 g/mol. The minimum absolute atomic E-state index is 0.160. The van der Waals surface area contributed by atoms with Crippen molar-refractivity contribution < 1.29 is 14.1 Å². The topological polar surface area (TPSA) is 93.9 Å². The van der Waals surface area contributed by atoms with Crippen LogP contribution < -0.4 is 0 Å². The Morgan fingerprint density at radius 3 is 3.00 bits per heavy atom. The number of benzene rings is 1. The molecule has 2 heterocycles. The summed E-state index contributed by atoms with van der Waals surface area (Å²) in [5.41, 5.74) is 1.34. The van der Waals surface area contributed by atoms with E-state index in [1.807, 2.05) is 6.07 Å². The van der Waals surface area contributed by atoms with Crippen molar-refractivity contribution in [3.63, 3.8) is 0 Å². The molecule has 0 saturated carbocycles. The highest BCUT2D eigenvalue weighted by Gasteiger charge is 2.16. The molecule has 0 atom stereocenters. The Morgan fingerprint density at radius 1 is 1.46 bits per heavy atom. The van der Waals surface area contributed by atoms with E-state index in [1.54, 1.807) is 37.5 Å². The maximum atomic E-state index is 12.0. The Kier molecular flexibility index (Phi) is 4.31. The Labute approximate surface area is 142 Å². The lowest BCUT2D eigenvalue weighted by atomic mass is 10.2. The summed E-state index contributed by atoms with van der Waals surface area (Å²) in [6.07, 6.45) is 1.54.